The molecule has 374 valence electrons. The summed E-state index contributed by atoms with van der Waals surface area (Å²) >= 11 is 0. The van der Waals surface area contributed by atoms with Crippen molar-refractivity contribution in [3.63, 3.8) is 0 Å². The van der Waals surface area contributed by atoms with E-state index >= 15 is 0 Å². The number of hydrogen-bond acceptors (Lipinski definition) is 14. The van der Waals surface area contributed by atoms with Crippen LogP contribution in [0.15, 0.2) is 182 Å². The molecule has 0 aromatic heterocycles. The van der Waals surface area contributed by atoms with Gasteiger partial charge in [0.1, 0.15) is 43.2 Å². The van der Waals surface area contributed by atoms with Crippen molar-refractivity contribution >= 4 is 17.9 Å². The van der Waals surface area contributed by atoms with E-state index in [9.17, 15) is 14.4 Å². The Bertz CT molecular complexity index is 2570. The molecule has 0 N–H and O–H groups in total. The lowest BCUT2D eigenvalue weighted by molar-refractivity contribution is -0.370. The first kappa shape index (κ1) is 50.4. The zero-order valence-corrected chi connectivity index (χ0v) is 39.7. The van der Waals surface area contributed by atoms with Crippen molar-refractivity contribution in [3.8, 4) is 0 Å². The third-order valence-corrected chi connectivity index (χ3v) is 12.4. The Hall–Kier alpha value is -6.59. The second kappa shape index (κ2) is 25.7. The average Bonchev–Trinajstić information content (AvgIpc) is 3.43. The minimum atomic E-state index is -1.44. The van der Waals surface area contributed by atoms with Gasteiger partial charge >= 0.3 is 17.9 Å². The molecule has 0 aliphatic carbocycles. The van der Waals surface area contributed by atoms with Crippen molar-refractivity contribution < 1.29 is 66.5 Å². The standard InChI is InChI=1S/C58H58O14/c59-48-31-32-49(60)70-53-51(46(38-62-33-40-19-7-1-8-20-40)68-57(67-37-44-27-15-5-16-28-44)55(53)71-56(61)45-29-17-6-18-30-45)72-58-54(66-36-43-25-13-4-14-26-43)52(65-35-42-23-11-3-12-24-42)50(47(69-58)39-63-48)64-34-41-21-9-2-10-22-41/h1-30,46-47,50-55,57-58H,31-39H2/t46-,47-,50-,51-,52+,53+,54+,55-,57+,58-/m0/s1. The number of carbonyl (C=O) groups excluding carboxylic acids is 3. The van der Waals surface area contributed by atoms with Gasteiger partial charge in [0.2, 0.25) is 0 Å². The van der Waals surface area contributed by atoms with E-state index in [0.29, 0.717) is 0 Å². The molecule has 0 spiro atoms. The highest BCUT2D eigenvalue weighted by molar-refractivity contribution is 5.89. The van der Waals surface area contributed by atoms with Crippen LogP contribution in [-0.4, -0.2) is 92.5 Å². The van der Waals surface area contributed by atoms with E-state index in [-0.39, 0.29) is 64.7 Å². The average molecular weight is 979 g/mol. The number of esters is 3. The van der Waals surface area contributed by atoms with Gasteiger partial charge in [-0.2, -0.15) is 0 Å². The van der Waals surface area contributed by atoms with Crippen LogP contribution in [0.2, 0.25) is 0 Å². The topological polar surface area (TPSA) is 153 Å². The van der Waals surface area contributed by atoms with Gasteiger partial charge in [-0.1, -0.05) is 170 Å². The molecule has 6 aromatic carbocycles. The lowest BCUT2D eigenvalue weighted by Crippen LogP contribution is -2.66. The maximum absolute atomic E-state index is 14.2. The van der Waals surface area contributed by atoms with Gasteiger partial charge < -0.3 is 52.1 Å². The predicted molar refractivity (Wildman–Crippen MR) is 260 cm³/mol. The van der Waals surface area contributed by atoms with Crippen molar-refractivity contribution in [1.29, 1.82) is 0 Å². The monoisotopic (exact) mass is 978 g/mol. The number of fused-ring (bicyclic) bond motifs is 3. The molecule has 2 bridgehead atoms. The van der Waals surface area contributed by atoms with Gasteiger partial charge in [0, 0.05) is 0 Å². The first-order valence-corrected chi connectivity index (χ1v) is 24.2. The molecule has 72 heavy (non-hydrogen) atoms. The van der Waals surface area contributed by atoms with E-state index in [1.165, 1.54) is 0 Å². The fourth-order valence-corrected chi connectivity index (χ4v) is 8.76. The zero-order valence-electron chi connectivity index (χ0n) is 39.7. The van der Waals surface area contributed by atoms with Gasteiger partial charge in [0.25, 0.3) is 0 Å². The summed E-state index contributed by atoms with van der Waals surface area (Å²) in [6.45, 7) is 0.228. The summed E-state index contributed by atoms with van der Waals surface area (Å²) in [5, 5.41) is 0. The minimum absolute atomic E-state index is 0.0358. The molecular formula is C58H58O14. The van der Waals surface area contributed by atoms with Crippen LogP contribution in [0.4, 0.5) is 0 Å². The van der Waals surface area contributed by atoms with Crippen molar-refractivity contribution in [3.05, 3.63) is 215 Å². The smallest absolute Gasteiger partial charge is 0.338 e. The molecule has 14 heteroatoms. The third kappa shape index (κ3) is 13.9. The second-order valence-corrected chi connectivity index (χ2v) is 17.6. The van der Waals surface area contributed by atoms with Gasteiger partial charge in [-0.05, 0) is 39.9 Å². The van der Waals surface area contributed by atoms with Gasteiger partial charge in [-0.15, -0.1) is 0 Å². The fraction of sp³-hybridized carbons (Fsp3) is 0.328. The number of ether oxygens (including phenoxy) is 11. The summed E-state index contributed by atoms with van der Waals surface area (Å²) < 4.78 is 73.0. The van der Waals surface area contributed by atoms with Crippen LogP contribution in [0.1, 0.15) is 51.0 Å². The van der Waals surface area contributed by atoms with E-state index in [4.69, 9.17) is 52.1 Å². The number of cyclic esters (lactones) is 1. The van der Waals surface area contributed by atoms with Crippen LogP contribution >= 0.6 is 0 Å². The highest BCUT2D eigenvalue weighted by Crippen LogP contribution is 2.37. The Kier molecular flexibility index (Phi) is 18.0. The largest absolute Gasteiger partial charge is 0.463 e. The van der Waals surface area contributed by atoms with E-state index < -0.39 is 79.3 Å². The van der Waals surface area contributed by atoms with E-state index in [2.05, 4.69) is 0 Å². The first-order valence-electron chi connectivity index (χ1n) is 24.2. The number of hydrogen-bond donors (Lipinski definition) is 0. The molecule has 0 saturated carbocycles. The minimum Gasteiger partial charge on any atom is -0.463 e. The third-order valence-electron chi connectivity index (χ3n) is 12.4. The van der Waals surface area contributed by atoms with Gasteiger partial charge in [-0.3, -0.25) is 9.59 Å². The summed E-state index contributed by atoms with van der Waals surface area (Å²) in [5.41, 5.74) is 4.56. The van der Waals surface area contributed by atoms with Gasteiger partial charge in [-0.25, -0.2) is 4.79 Å². The normalized spacial score (nSPS) is 25.6. The maximum atomic E-state index is 14.2. The van der Waals surface area contributed by atoms with Crippen LogP contribution in [0.5, 0.6) is 0 Å². The van der Waals surface area contributed by atoms with Crippen molar-refractivity contribution in [2.75, 3.05) is 13.2 Å². The first-order chi connectivity index (χ1) is 35.4. The van der Waals surface area contributed by atoms with Crippen LogP contribution in [0.25, 0.3) is 0 Å². The van der Waals surface area contributed by atoms with Crippen molar-refractivity contribution in [1.82, 2.24) is 0 Å². The van der Waals surface area contributed by atoms with Crippen LogP contribution < -0.4 is 0 Å². The summed E-state index contributed by atoms with van der Waals surface area (Å²) in [7, 11) is 0. The summed E-state index contributed by atoms with van der Waals surface area (Å²) in [6.07, 6.45) is -12.5. The highest BCUT2D eigenvalue weighted by Gasteiger charge is 2.56. The molecule has 0 radical (unpaired) electrons. The highest BCUT2D eigenvalue weighted by atomic mass is 16.8. The maximum Gasteiger partial charge on any atom is 0.338 e. The molecule has 0 unspecified atom stereocenters. The Balaban J connectivity index is 1.13. The Morgan fingerprint density at radius 2 is 0.917 bits per heavy atom. The molecule has 10 atom stereocenters. The quantitative estimate of drug-likeness (QED) is 0.0598. The Morgan fingerprint density at radius 1 is 0.458 bits per heavy atom. The summed E-state index contributed by atoms with van der Waals surface area (Å²) in [4.78, 5) is 41.9. The summed E-state index contributed by atoms with van der Waals surface area (Å²) in [6, 6.07) is 56.4. The molecule has 14 nitrogen and oxygen atoms in total. The van der Waals surface area contributed by atoms with Crippen LogP contribution in [-0.2, 0) is 94.7 Å². The van der Waals surface area contributed by atoms with Gasteiger partial charge in [0.05, 0.1) is 58.0 Å². The molecule has 0 amide bonds. The fourth-order valence-electron chi connectivity index (χ4n) is 8.76. The molecule has 3 fully saturated rings. The molecule has 3 aliphatic heterocycles. The van der Waals surface area contributed by atoms with E-state index in [1.807, 2.05) is 152 Å². The van der Waals surface area contributed by atoms with E-state index in [0.717, 1.165) is 27.8 Å². The van der Waals surface area contributed by atoms with Crippen LogP contribution in [0.3, 0.4) is 0 Å². The SMILES string of the molecule is O=C1CCC(=O)O[C@H]2[C@H](OC(=O)c3ccccc3)[C@H](OCc3ccccc3)O[C@@H](COCc3ccccc3)[C@@H]2O[C@@H]2O[C@@H](CO1)[C@H](OCc1ccccc1)[C@@H](OCc1ccccc1)[C@H]2OCc1ccccc1. The van der Waals surface area contributed by atoms with Gasteiger partial charge in [0.15, 0.2) is 24.8 Å². The molecule has 3 saturated heterocycles. The van der Waals surface area contributed by atoms with Crippen LogP contribution in [0, 0.1) is 0 Å². The Morgan fingerprint density at radius 3 is 1.46 bits per heavy atom. The second-order valence-electron chi connectivity index (χ2n) is 17.6. The lowest BCUT2D eigenvalue weighted by atomic mass is 9.95. The molecular weight excluding hydrogens is 921 g/mol. The lowest BCUT2D eigenvalue weighted by Gasteiger charge is -2.49. The Labute approximate surface area is 418 Å². The number of rotatable bonds is 18. The zero-order chi connectivity index (χ0) is 49.3. The molecule has 3 heterocycles. The van der Waals surface area contributed by atoms with Crippen molar-refractivity contribution in [2.24, 2.45) is 0 Å². The predicted octanol–water partition coefficient (Wildman–Crippen LogP) is 8.49. The van der Waals surface area contributed by atoms with E-state index in [1.54, 1.807) is 30.3 Å². The molecule has 6 aromatic rings. The molecule has 3 aliphatic rings. The summed E-state index contributed by atoms with van der Waals surface area (Å²) in [5.74, 6) is -2.19. The van der Waals surface area contributed by atoms with Crippen molar-refractivity contribution in [2.45, 2.75) is 107 Å². The number of carbonyl (C=O) groups is 3. The number of benzene rings is 6. The molecule has 9 rings (SSSR count).